The molecule has 0 amide bonds. The van der Waals surface area contributed by atoms with Crippen molar-refractivity contribution in [1.29, 1.82) is 0 Å². The van der Waals surface area contributed by atoms with Crippen LogP contribution in [0.15, 0.2) is 138 Å². The largest absolute Gasteiger partial charge is 0.455 e. The standard InChI is InChI=1S/C38H22N2OS/c1-3-12-23(13-4-1)29-22-30-33-28(19-11-20-31(33)41-36(30)26-17-8-7-16-25(26)29)38-39-34(24-14-5-2-6-15-24)37-35(40-38)27-18-9-10-21-32(27)42-37/h1-22H. The molecule has 0 bridgehead atoms. The predicted octanol–water partition coefficient (Wildman–Crippen LogP) is 10.9. The second-order valence-corrected chi connectivity index (χ2v) is 11.6. The molecule has 42 heavy (non-hydrogen) atoms. The summed E-state index contributed by atoms with van der Waals surface area (Å²) < 4.78 is 8.94. The predicted molar refractivity (Wildman–Crippen MR) is 176 cm³/mol. The molecule has 4 heteroatoms. The van der Waals surface area contributed by atoms with Crippen molar-refractivity contribution in [2.45, 2.75) is 0 Å². The molecule has 0 fully saturated rings. The van der Waals surface area contributed by atoms with Crippen molar-refractivity contribution in [3.05, 3.63) is 133 Å². The smallest absolute Gasteiger partial charge is 0.161 e. The first-order valence-corrected chi connectivity index (χ1v) is 14.8. The van der Waals surface area contributed by atoms with Crippen molar-refractivity contribution >= 4 is 64.4 Å². The summed E-state index contributed by atoms with van der Waals surface area (Å²) in [7, 11) is 0. The molecule has 3 heterocycles. The van der Waals surface area contributed by atoms with Gasteiger partial charge in [0.25, 0.3) is 0 Å². The lowest BCUT2D eigenvalue weighted by Gasteiger charge is -2.10. The molecule has 0 spiro atoms. The van der Waals surface area contributed by atoms with E-state index in [0.29, 0.717) is 5.82 Å². The summed E-state index contributed by atoms with van der Waals surface area (Å²) >= 11 is 1.75. The van der Waals surface area contributed by atoms with Gasteiger partial charge in [0, 0.05) is 37.4 Å². The van der Waals surface area contributed by atoms with Crippen LogP contribution >= 0.6 is 11.3 Å². The second-order valence-electron chi connectivity index (χ2n) is 10.5. The molecule has 0 saturated heterocycles. The highest BCUT2D eigenvalue weighted by Gasteiger charge is 2.21. The monoisotopic (exact) mass is 554 g/mol. The van der Waals surface area contributed by atoms with Crippen LogP contribution in [-0.2, 0) is 0 Å². The van der Waals surface area contributed by atoms with E-state index in [0.717, 1.165) is 59.7 Å². The van der Waals surface area contributed by atoms with E-state index in [1.54, 1.807) is 11.3 Å². The van der Waals surface area contributed by atoms with E-state index in [4.69, 9.17) is 14.4 Å². The molecule has 3 aromatic heterocycles. The SMILES string of the molecule is c1ccc(-c2cc3c(oc4cccc(-c5nc(-c6ccccc6)c6sc7ccccc7c6n5)c43)c3ccccc23)cc1. The van der Waals surface area contributed by atoms with E-state index in [-0.39, 0.29) is 0 Å². The fraction of sp³-hybridized carbons (Fsp3) is 0. The number of furan rings is 1. The second kappa shape index (κ2) is 9.10. The van der Waals surface area contributed by atoms with Gasteiger partial charge in [-0.1, -0.05) is 115 Å². The van der Waals surface area contributed by atoms with Crippen LogP contribution in [0.4, 0.5) is 0 Å². The highest BCUT2D eigenvalue weighted by molar-refractivity contribution is 7.26. The summed E-state index contributed by atoms with van der Waals surface area (Å²) in [4.78, 5) is 10.5. The number of nitrogens with zero attached hydrogens (tertiary/aromatic N) is 2. The molecule has 0 radical (unpaired) electrons. The van der Waals surface area contributed by atoms with E-state index in [1.807, 2.05) is 18.2 Å². The number of hydrogen-bond donors (Lipinski definition) is 0. The van der Waals surface area contributed by atoms with Crippen molar-refractivity contribution in [3.63, 3.8) is 0 Å². The lowest BCUT2D eigenvalue weighted by Crippen LogP contribution is -1.94. The maximum atomic E-state index is 6.62. The molecule has 196 valence electrons. The molecular formula is C38H22N2OS. The minimum absolute atomic E-state index is 0.702. The van der Waals surface area contributed by atoms with Gasteiger partial charge in [-0.15, -0.1) is 11.3 Å². The van der Waals surface area contributed by atoms with Crippen LogP contribution in [0.2, 0.25) is 0 Å². The van der Waals surface area contributed by atoms with E-state index < -0.39 is 0 Å². The zero-order valence-electron chi connectivity index (χ0n) is 22.4. The van der Waals surface area contributed by atoms with Crippen molar-refractivity contribution < 1.29 is 4.42 Å². The van der Waals surface area contributed by atoms with Crippen LogP contribution in [0.5, 0.6) is 0 Å². The Morgan fingerprint density at radius 2 is 1.21 bits per heavy atom. The van der Waals surface area contributed by atoms with Gasteiger partial charge in [0.15, 0.2) is 5.82 Å². The van der Waals surface area contributed by atoms with Crippen molar-refractivity contribution in [2.75, 3.05) is 0 Å². The topological polar surface area (TPSA) is 38.9 Å². The van der Waals surface area contributed by atoms with E-state index >= 15 is 0 Å². The number of thiophene rings is 1. The molecule has 9 rings (SSSR count). The van der Waals surface area contributed by atoms with E-state index in [9.17, 15) is 0 Å². The first-order valence-electron chi connectivity index (χ1n) is 14.0. The molecule has 0 aliphatic carbocycles. The van der Waals surface area contributed by atoms with Crippen LogP contribution in [0.1, 0.15) is 0 Å². The number of aromatic nitrogens is 2. The third-order valence-electron chi connectivity index (χ3n) is 8.10. The summed E-state index contributed by atoms with van der Waals surface area (Å²) in [5.41, 5.74) is 8.07. The van der Waals surface area contributed by atoms with Gasteiger partial charge in [-0.05, 0) is 34.7 Å². The molecular weight excluding hydrogens is 532 g/mol. The first-order chi connectivity index (χ1) is 20.8. The molecule has 0 unspecified atom stereocenters. The van der Waals surface area contributed by atoms with Gasteiger partial charge in [-0.25, -0.2) is 9.97 Å². The summed E-state index contributed by atoms with van der Waals surface area (Å²) in [6.45, 7) is 0. The van der Waals surface area contributed by atoms with Crippen LogP contribution in [0.3, 0.4) is 0 Å². The Kier molecular flexibility index (Phi) is 5.07. The zero-order valence-corrected chi connectivity index (χ0v) is 23.2. The number of fused-ring (bicyclic) bond motifs is 8. The van der Waals surface area contributed by atoms with E-state index in [1.165, 1.54) is 21.2 Å². The molecule has 0 aliphatic heterocycles. The summed E-state index contributed by atoms with van der Waals surface area (Å²) in [5.74, 6) is 0.702. The lowest BCUT2D eigenvalue weighted by atomic mass is 9.94. The zero-order chi connectivity index (χ0) is 27.6. The normalized spacial score (nSPS) is 11.8. The summed E-state index contributed by atoms with van der Waals surface area (Å²) in [6, 6.07) is 46.5. The maximum absolute atomic E-state index is 6.62. The first kappa shape index (κ1) is 23.4. The number of rotatable bonds is 3. The van der Waals surface area contributed by atoms with Gasteiger partial charge < -0.3 is 4.42 Å². The Morgan fingerprint density at radius 1 is 0.524 bits per heavy atom. The Hall–Kier alpha value is -5.32. The fourth-order valence-corrected chi connectivity index (χ4v) is 7.35. The highest BCUT2D eigenvalue weighted by atomic mass is 32.1. The summed E-state index contributed by atoms with van der Waals surface area (Å²) in [6.07, 6.45) is 0. The average Bonchev–Trinajstić information content (AvgIpc) is 3.63. The Labute approximate surface area is 245 Å². The van der Waals surface area contributed by atoms with Gasteiger partial charge in [0.1, 0.15) is 11.2 Å². The highest BCUT2D eigenvalue weighted by Crippen LogP contribution is 2.44. The number of benzene rings is 6. The quantitative estimate of drug-likeness (QED) is 0.218. The Balaban J connectivity index is 1.40. The van der Waals surface area contributed by atoms with Crippen LogP contribution in [0.25, 0.3) is 86.8 Å². The van der Waals surface area contributed by atoms with Gasteiger partial charge in [0.2, 0.25) is 0 Å². The van der Waals surface area contributed by atoms with Gasteiger partial charge >= 0.3 is 0 Å². The number of hydrogen-bond acceptors (Lipinski definition) is 4. The van der Waals surface area contributed by atoms with Gasteiger partial charge in [0.05, 0.1) is 15.9 Å². The van der Waals surface area contributed by atoms with Gasteiger partial charge in [-0.2, -0.15) is 0 Å². The van der Waals surface area contributed by atoms with Crippen molar-refractivity contribution in [3.8, 4) is 33.8 Å². The molecule has 0 atom stereocenters. The lowest BCUT2D eigenvalue weighted by molar-refractivity contribution is 0.673. The maximum Gasteiger partial charge on any atom is 0.161 e. The van der Waals surface area contributed by atoms with Crippen molar-refractivity contribution in [1.82, 2.24) is 9.97 Å². The Morgan fingerprint density at radius 3 is 2.02 bits per heavy atom. The molecule has 0 aliphatic rings. The molecule has 9 aromatic rings. The molecule has 3 nitrogen and oxygen atoms in total. The third-order valence-corrected chi connectivity index (χ3v) is 9.26. The Bertz CT molecular complexity index is 2460. The molecule has 0 saturated carbocycles. The third kappa shape index (κ3) is 3.46. The van der Waals surface area contributed by atoms with Crippen LogP contribution < -0.4 is 0 Å². The van der Waals surface area contributed by atoms with Crippen LogP contribution in [-0.4, -0.2) is 9.97 Å². The van der Waals surface area contributed by atoms with E-state index in [2.05, 4.69) is 115 Å². The molecule has 6 aromatic carbocycles. The average molecular weight is 555 g/mol. The van der Waals surface area contributed by atoms with Gasteiger partial charge in [-0.3, -0.25) is 0 Å². The minimum atomic E-state index is 0.702. The fourth-order valence-electron chi connectivity index (χ4n) is 6.19. The van der Waals surface area contributed by atoms with Crippen LogP contribution in [0, 0.1) is 0 Å². The van der Waals surface area contributed by atoms with Crippen molar-refractivity contribution in [2.24, 2.45) is 0 Å². The summed E-state index contributed by atoms with van der Waals surface area (Å²) in [5, 5.41) is 5.53. The minimum Gasteiger partial charge on any atom is -0.455 e. The molecule has 0 N–H and O–H groups in total.